The highest BCUT2D eigenvalue weighted by atomic mass is 16.6. The van der Waals surface area contributed by atoms with Crippen molar-refractivity contribution >= 4 is 5.91 Å². The standard InChI is InChI=1S/C18H20N2O3/c19-15(10-12-6-2-1-3-7-12)17(21)20-16-14-9-5-4-8-13(14)11-23-18(16)22/h1-9,15-16,18,22H,10-11,19H2,(H,20,21)/t15-,16+,18-/m1/s1. The van der Waals surface area contributed by atoms with Gasteiger partial charge in [0.25, 0.3) is 0 Å². The number of fused-ring (bicyclic) bond motifs is 1. The van der Waals surface area contributed by atoms with Crippen molar-refractivity contribution in [2.24, 2.45) is 5.73 Å². The van der Waals surface area contributed by atoms with Crippen LogP contribution in [0, 0.1) is 0 Å². The van der Waals surface area contributed by atoms with Crippen LogP contribution in [-0.4, -0.2) is 23.3 Å². The molecule has 1 heterocycles. The molecule has 23 heavy (non-hydrogen) atoms. The van der Waals surface area contributed by atoms with Crippen LogP contribution in [0.2, 0.25) is 0 Å². The van der Waals surface area contributed by atoms with E-state index >= 15 is 0 Å². The fourth-order valence-electron chi connectivity index (χ4n) is 2.76. The van der Waals surface area contributed by atoms with Crippen LogP contribution in [-0.2, 0) is 22.6 Å². The van der Waals surface area contributed by atoms with Gasteiger partial charge < -0.3 is 20.9 Å². The van der Waals surface area contributed by atoms with Crippen LogP contribution in [0.4, 0.5) is 0 Å². The number of rotatable bonds is 4. The molecule has 0 aromatic heterocycles. The normalized spacial score (nSPS) is 21.3. The molecule has 3 atom stereocenters. The third-order valence-corrected chi connectivity index (χ3v) is 4.02. The third-order valence-electron chi connectivity index (χ3n) is 4.02. The largest absolute Gasteiger partial charge is 0.366 e. The quantitative estimate of drug-likeness (QED) is 0.793. The van der Waals surface area contributed by atoms with Gasteiger partial charge in [0.2, 0.25) is 5.91 Å². The van der Waals surface area contributed by atoms with Crippen molar-refractivity contribution in [3.8, 4) is 0 Å². The molecule has 1 amide bonds. The highest BCUT2D eigenvalue weighted by molar-refractivity contribution is 5.82. The maximum atomic E-state index is 12.4. The number of ether oxygens (including phenoxy) is 1. The van der Waals surface area contributed by atoms with Gasteiger partial charge in [0.15, 0.2) is 6.29 Å². The molecule has 0 aliphatic carbocycles. The van der Waals surface area contributed by atoms with Crippen LogP contribution in [0.5, 0.6) is 0 Å². The van der Waals surface area contributed by atoms with E-state index in [1.54, 1.807) is 0 Å². The summed E-state index contributed by atoms with van der Waals surface area (Å²) in [5.41, 5.74) is 8.82. The molecule has 5 heteroatoms. The Morgan fingerprint density at radius 3 is 2.70 bits per heavy atom. The van der Waals surface area contributed by atoms with Crippen molar-refractivity contribution in [1.82, 2.24) is 5.32 Å². The second kappa shape index (κ2) is 6.91. The highest BCUT2D eigenvalue weighted by Crippen LogP contribution is 2.28. The van der Waals surface area contributed by atoms with E-state index in [-0.39, 0.29) is 5.91 Å². The lowest BCUT2D eigenvalue weighted by molar-refractivity contribution is -0.148. The van der Waals surface area contributed by atoms with Gasteiger partial charge in [-0.05, 0) is 23.1 Å². The number of carbonyl (C=O) groups excluding carboxylic acids is 1. The van der Waals surface area contributed by atoms with Gasteiger partial charge in [0, 0.05) is 0 Å². The maximum Gasteiger partial charge on any atom is 0.237 e. The van der Waals surface area contributed by atoms with Crippen molar-refractivity contribution < 1.29 is 14.6 Å². The molecule has 0 saturated carbocycles. The summed E-state index contributed by atoms with van der Waals surface area (Å²) < 4.78 is 5.32. The molecular weight excluding hydrogens is 292 g/mol. The summed E-state index contributed by atoms with van der Waals surface area (Å²) in [4.78, 5) is 12.4. The Bertz CT molecular complexity index is 675. The van der Waals surface area contributed by atoms with E-state index in [4.69, 9.17) is 10.5 Å². The van der Waals surface area contributed by atoms with Gasteiger partial charge in [0.1, 0.15) is 6.04 Å². The first-order valence-electron chi connectivity index (χ1n) is 7.62. The molecule has 0 fully saturated rings. The first-order valence-corrected chi connectivity index (χ1v) is 7.62. The van der Waals surface area contributed by atoms with E-state index in [9.17, 15) is 9.90 Å². The summed E-state index contributed by atoms with van der Waals surface area (Å²) in [6, 6.07) is 15.9. The summed E-state index contributed by atoms with van der Waals surface area (Å²) in [6.45, 7) is 0.333. The summed E-state index contributed by atoms with van der Waals surface area (Å²) in [5, 5.41) is 12.9. The minimum Gasteiger partial charge on any atom is -0.366 e. The lowest BCUT2D eigenvalue weighted by Gasteiger charge is -2.31. The first kappa shape index (κ1) is 15.7. The topological polar surface area (TPSA) is 84.6 Å². The average Bonchev–Trinajstić information content (AvgIpc) is 2.58. The number of nitrogens with two attached hydrogens (primary N) is 1. The van der Waals surface area contributed by atoms with Crippen LogP contribution in [0.25, 0.3) is 0 Å². The molecule has 120 valence electrons. The number of amides is 1. The first-order chi connectivity index (χ1) is 11.1. The number of aliphatic hydroxyl groups excluding tert-OH is 1. The highest BCUT2D eigenvalue weighted by Gasteiger charge is 2.31. The van der Waals surface area contributed by atoms with E-state index in [2.05, 4.69) is 5.32 Å². The van der Waals surface area contributed by atoms with Gasteiger partial charge in [-0.25, -0.2) is 0 Å². The Morgan fingerprint density at radius 1 is 1.22 bits per heavy atom. The van der Waals surface area contributed by atoms with Crippen molar-refractivity contribution in [1.29, 1.82) is 0 Å². The van der Waals surface area contributed by atoms with Crippen LogP contribution in [0.3, 0.4) is 0 Å². The van der Waals surface area contributed by atoms with E-state index in [1.165, 1.54) is 0 Å². The molecule has 2 aromatic rings. The number of benzene rings is 2. The van der Waals surface area contributed by atoms with Gasteiger partial charge in [-0.15, -0.1) is 0 Å². The molecule has 0 unspecified atom stereocenters. The predicted octanol–water partition coefficient (Wildman–Crippen LogP) is 1.26. The van der Waals surface area contributed by atoms with Gasteiger partial charge in [-0.1, -0.05) is 54.6 Å². The van der Waals surface area contributed by atoms with Gasteiger partial charge in [0.05, 0.1) is 12.6 Å². The Labute approximate surface area is 135 Å². The Morgan fingerprint density at radius 2 is 1.91 bits per heavy atom. The van der Waals surface area contributed by atoms with Gasteiger partial charge in [-0.2, -0.15) is 0 Å². The molecule has 3 rings (SSSR count). The monoisotopic (exact) mass is 312 g/mol. The molecule has 2 aromatic carbocycles. The number of hydrogen-bond acceptors (Lipinski definition) is 4. The zero-order valence-electron chi connectivity index (χ0n) is 12.7. The Balaban J connectivity index is 1.70. The Kier molecular flexibility index (Phi) is 4.71. The van der Waals surface area contributed by atoms with Crippen molar-refractivity contribution in [3.63, 3.8) is 0 Å². The molecule has 4 N–H and O–H groups in total. The molecule has 1 aliphatic rings. The zero-order chi connectivity index (χ0) is 16.2. The van der Waals surface area contributed by atoms with E-state index < -0.39 is 18.4 Å². The van der Waals surface area contributed by atoms with Crippen molar-refractivity contribution in [3.05, 3.63) is 71.3 Å². The molecule has 0 radical (unpaired) electrons. The van der Waals surface area contributed by atoms with E-state index in [0.29, 0.717) is 13.0 Å². The van der Waals surface area contributed by atoms with Crippen LogP contribution < -0.4 is 11.1 Å². The molecule has 5 nitrogen and oxygen atoms in total. The minimum absolute atomic E-state index is 0.307. The van der Waals surface area contributed by atoms with Crippen LogP contribution >= 0.6 is 0 Å². The molecule has 0 saturated heterocycles. The number of carbonyl (C=O) groups is 1. The molecule has 1 aliphatic heterocycles. The average molecular weight is 312 g/mol. The van der Waals surface area contributed by atoms with Gasteiger partial charge >= 0.3 is 0 Å². The SMILES string of the molecule is N[C@H](Cc1ccccc1)C(=O)N[C@H]1c2ccccc2CO[C@H]1O. The number of nitrogens with one attached hydrogen (secondary N) is 1. The molecule has 0 bridgehead atoms. The van der Waals surface area contributed by atoms with Crippen molar-refractivity contribution in [2.45, 2.75) is 31.4 Å². The van der Waals surface area contributed by atoms with Crippen LogP contribution in [0.1, 0.15) is 22.7 Å². The number of hydrogen-bond donors (Lipinski definition) is 3. The summed E-state index contributed by atoms with van der Waals surface area (Å²) >= 11 is 0. The maximum absolute atomic E-state index is 12.4. The minimum atomic E-state index is -1.07. The summed E-state index contributed by atoms with van der Waals surface area (Å²) in [5.74, 6) is -0.307. The van der Waals surface area contributed by atoms with E-state index in [0.717, 1.165) is 16.7 Å². The predicted molar refractivity (Wildman–Crippen MR) is 86.2 cm³/mol. The van der Waals surface area contributed by atoms with Crippen LogP contribution in [0.15, 0.2) is 54.6 Å². The second-order valence-electron chi connectivity index (χ2n) is 5.68. The lowest BCUT2D eigenvalue weighted by Crippen LogP contribution is -2.48. The fraction of sp³-hybridized carbons (Fsp3) is 0.278. The summed E-state index contributed by atoms with van der Waals surface area (Å²) in [7, 11) is 0. The molecular formula is C18H20N2O3. The number of aliphatic hydroxyl groups is 1. The molecule has 0 spiro atoms. The van der Waals surface area contributed by atoms with Crippen molar-refractivity contribution in [2.75, 3.05) is 0 Å². The fourth-order valence-corrected chi connectivity index (χ4v) is 2.76. The van der Waals surface area contributed by atoms with E-state index in [1.807, 2.05) is 54.6 Å². The second-order valence-corrected chi connectivity index (χ2v) is 5.68. The zero-order valence-corrected chi connectivity index (χ0v) is 12.7. The smallest absolute Gasteiger partial charge is 0.237 e. The lowest BCUT2D eigenvalue weighted by atomic mass is 9.97. The summed E-state index contributed by atoms with van der Waals surface area (Å²) in [6.07, 6.45) is -0.629. The van der Waals surface area contributed by atoms with Gasteiger partial charge in [-0.3, -0.25) is 4.79 Å². The Hall–Kier alpha value is -2.21. The third kappa shape index (κ3) is 3.59.